The average molecular weight is 279 g/mol. The van der Waals surface area contributed by atoms with Crippen LogP contribution in [-0.2, 0) is 0 Å². The van der Waals surface area contributed by atoms with Gasteiger partial charge >= 0.3 is 0 Å². The summed E-state index contributed by atoms with van der Waals surface area (Å²) in [5, 5.41) is 0.809. The van der Waals surface area contributed by atoms with Crippen LogP contribution in [-0.4, -0.2) is 0 Å². The van der Waals surface area contributed by atoms with Crippen LogP contribution in [0.4, 0.5) is 0 Å². The summed E-state index contributed by atoms with van der Waals surface area (Å²) in [6, 6.07) is 6.30. The van der Waals surface area contributed by atoms with Gasteiger partial charge in [0.15, 0.2) is 0 Å². The van der Waals surface area contributed by atoms with Crippen molar-refractivity contribution in [3.05, 3.63) is 46.0 Å². The molecule has 0 amide bonds. The topological polar surface area (TPSA) is 38.0 Å². The van der Waals surface area contributed by atoms with Gasteiger partial charge in [-0.25, -0.2) is 5.43 Å². The van der Waals surface area contributed by atoms with Crippen LogP contribution < -0.4 is 11.3 Å². The Kier molecular flexibility index (Phi) is 5.44. The summed E-state index contributed by atoms with van der Waals surface area (Å²) < 4.78 is 0. The fraction of sp³-hybridized carbons (Fsp3) is 0.500. The largest absolute Gasteiger partial charge is 0.271 e. The molecule has 1 unspecified atom stereocenters. The van der Waals surface area contributed by atoms with Crippen molar-refractivity contribution in [2.75, 3.05) is 0 Å². The van der Waals surface area contributed by atoms with Crippen molar-refractivity contribution >= 4 is 11.6 Å². The van der Waals surface area contributed by atoms with E-state index in [1.807, 2.05) is 13.0 Å². The van der Waals surface area contributed by atoms with E-state index in [2.05, 4.69) is 23.6 Å². The fourth-order valence-electron chi connectivity index (χ4n) is 2.68. The molecule has 1 aliphatic rings. The van der Waals surface area contributed by atoms with Crippen LogP contribution in [0.25, 0.3) is 0 Å². The molecule has 1 atom stereocenters. The predicted octanol–water partition coefficient (Wildman–Crippen LogP) is 4.43. The molecule has 0 aliphatic heterocycles. The monoisotopic (exact) mass is 278 g/mol. The molecule has 0 bridgehead atoms. The maximum Gasteiger partial charge on any atom is 0.0670 e. The molecule has 2 rings (SSSR count). The van der Waals surface area contributed by atoms with E-state index >= 15 is 0 Å². The Morgan fingerprint density at radius 3 is 2.74 bits per heavy atom. The first-order valence-corrected chi connectivity index (χ1v) is 7.51. The lowest BCUT2D eigenvalue weighted by Crippen LogP contribution is -2.29. The zero-order valence-corrected chi connectivity index (χ0v) is 12.3. The van der Waals surface area contributed by atoms with Crippen molar-refractivity contribution in [3.63, 3.8) is 0 Å². The highest BCUT2D eigenvalue weighted by molar-refractivity contribution is 6.31. The minimum absolute atomic E-state index is 0.0937. The Morgan fingerprint density at radius 1 is 1.21 bits per heavy atom. The first kappa shape index (κ1) is 14.6. The number of halogens is 1. The molecular formula is C16H23ClN2. The number of hydrogen-bond donors (Lipinski definition) is 2. The third kappa shape index (κ3) is 3.82. The number of benzene rings is 1. The lowest BCUT2D eigenvalue weighted by Gasteiger charge is -2.22. The van der Waals surface area contributed by atoms with E-state index in [9.17, 15) is 0 Å². The Morgan fingerprint density at radius 2 is 2.00 bits per heavy atom. The van der Waals surface area contributed by atoms with Crippen LogP contribution in [0.15, 0.2) is 29.8 Å². The first-order valence-electron chi connectivity index (χ1n) is 7.13. The molecule has 0 spiro atoms. The van der Waals surface area contributed by atoms with Gasteiger partial charge < -0.3 is 0 Å². The van der Waals surface area contributed by atoms with Crippen molar-refractivity contribution in [2.24, 2.45) is 5.84 Å². The van der Waals surface area contributed by atoms with Gasteiger partial charge in [0.2, 0.25) is 0 Å². The predicted molar refractivity (Wildman–Crippen MR) is 82.0 cm³/mol. The minimum Gasteiger partial charge on any atom is -0.271 e. The van der Waals surface area contributed by atoms with Crippen LogP contribution >= 0.6 is 11.6 Å². The second-order valence-electron chi connectivity index (χ2n) is 5.34. The maximum absolute atomic E-state index is 6.22. The van der Waals surface area contributed by atoms with Crippen LogP contribution in [0.2, 0.25) is 5.02 Å². The molecule has 0 radical (unpaired) electrons. The van der Waals surface area contributed by atoms with Crippen LogP contribution in [0, 0.1) is 6.92 Å². The highest BCUT2D eigenvalue weighted by Gasteiger charge is 2.16. The molecule has 3 heteroatoms. The average Bonchev–Trinajstić information content (AvgIpc) is 2.36. The second-order valence-corrected chi connectivity index (χ2v) is 5.75. The van der Waals surface area contributed by atoms with Crippen molar-refractivity contribution in [1.29, 1.82) is 0 Å². The molecule has 1 aromatic carbocycles. The Bertz CT molecular complexity index is 454. The quantitative estimate of drug-likeness (QED) is 0.487. The molecule has 19 heavy (non-hydrogen) atoms. The number of hydrogen-bond acceptors (Lipinski definition) is 2. The molecule has 3 N–H and O–H groups in total. The summed E-state index contributed by atoms with van der Waals surface area (Å²) in [4.78, 5) is 0. The molecule has 0 fully saturated rings. The molecular weight excluding hydrogens is 256 g/mol. The molecule has 0 saturated heterocycles. The van der Waals surface area contributed by atoms with E-state index in [-0.39, 0.29) is 6.04 Å². The third-order valence-corrected chi connectivity index (χ3v) is 4.30. The molecule has 104 valence electrons. The molecule has 0 saturated carbocycles. The van der Waals surface area contributed by atoms with Gasteiger partial charge in [0.1, 0.15) is 0 Å². The van der Waals surface area contributed by atoms with Crippen molar-refractivity contribution < 1.29 is 0 Å². The maximum atomic E-state index is 6.22. The highest BCUT2D eigenvalue weighted by atomic mass is 35.5. The Balaban J connectivity index is 2.24. The Labute approximate surface area is 121 Å². The van der Waals surface area contributed by atoms with Gasteiger partial charge in [-0.05, 0) is 49.8 Å². The zero-order valence-electron chi connectivity index (χ0n) is 11.6. The normalized spacial score (nSPS) is 21.1. The number of hydrazine groups is 1. The summed E-state index contributed by atoms with van der Waals surface area (Å²) in [5.41, 5.74) is 6.62. The van der Waals surface area contributed by atoms with Gasteiger partial charge in [0.05, 0.1) is 6.04 Å². The van der Waals surface area contributed by atoms with Crippen molar-refractivity contribution in [2.45, 2.75) is 51.5 Å². The standard InChI is InChI=1S/C16H23ClN2/c1-12-9-10-14(11-15(12)17)16(19-18)13-7-5-3-2-4-6-8-13/h7,9-11,16,19H,2-6,8,18H2,1H3/b13-7+. The lowest BCUT2D eigenvalue weighted by atomic mass is 9.91. The number of nitrogens with one attached hydrogen (secondary N) is 1. The summed E-state index contributed by atoms with van der Waals surface area (Å²) in [6.45, 7) is 2.02. The third-order valence-electron chi connectivity index (χ3n) is 3.89. The minimum atomic E-state index is 0.0937. The van der Waals surface area contributed by atoms with E-state index in [4.69, 9.17) is 17.4 Å². The Hall–Kier alpha value is -0.830. The van der Waals surface area contributed by atoms with E-state index in [0.717, 1.165) is 29.0 Å². The van der Waals surface area contributed by atoms with Crippen molar-refractivity contribution in [1.82, 2.24) is 5.43 Å². The second kappa shape index (κ2) is 7.09. The van der Waals surface area contributed by atoms with Crippen LogP contribution in [0.5, 0.6) is 0 Å². The molecule has 2 nitrogen and oxygen atoms in total. The summed E-state index contributed by atoms with van der Waals surface area (Å²) in [5.74, 6) is 5.78. The van der Waals surface area contributed by atoms with Crippen molar-refractivity contribution in [3.8, 4) is 0 Å². The molecule has 1 aliphatic carbocycles. The summed E-state index contributed by atoms with van der Waals surface area (Å²) in [7, 11) is 0. The van der Waals surface area contributed by atoms with Gasteiger partial charge in [0, 0.05) is 5.02 Å². The van der Waals surface area contributed by atoms with Gasteiger partial charge in [-0.15, -0.1) is 0 Å². The van der Waals surface area contributed by atoms with Gasteiger partial charge in [-0.1, -0.05) is 48.2 Å². The van der Waals surface area contributed by atoms with Gasteiger partial charge in [0.25, 0.3) is 0 Å². The number of aryl methyl sites for hydroxylation is 1. The lowest BCUT2D eigenvalue weighted by molar-refractivity contribution is 0.555. The SMILES string of the molecule is Cc1ccc(C(NN)/C2=C/CCCCCC2)cc1Cl. The summed E-state index contributed by atoms with van der Waals surface area (Å²) in [6.07, 6.45) is 9.86. The van der Waals surface area contributed by atoms with E-state index in [0.29, 0.717) is 0 Å². The molecule has 0 heterocycles. The molecule has 0 aromatic heterocycles. The first-order chi connectivity index (χ1) is 9.22. The number of nitrogens with two attached hydrogens (primary N) is 1. The zero-order chi connectivity index (χ0) is 13.7. The van der Waals surface area contributed by atoms with E-state index in [1.165, 1.54) is 31.3 Å². The van der Waals surface area contributed by atoms with E-state index < -0.39 is 0 Å². The van der Waals surface area contributed by atoms with Crippen LogP contribution in [0.3, 0.4) is 0 Å². The highest BCUT2D eigenvalue weighted by Crippen LogP contribution is 2.30. The number of rotatable bonds is 3. The van der Waals surface area contributed by atoms with E-state index in [1.54, 1.807) is 0 Å². The summed E-state index contributed by atoms with van der Waals surface area (Å²) >= 11 is 6.22. The van der Waals surface area contributed by atoms with Gasteiger partial charge in [-0.3, -0.25) is 5.84 Å². The number of allylic oxidation sites excluding steroid dienone is 1. The van der Waals surface area contributed by atoms with Crippen LogP contribution in [0.1, 0.15) is 55.7 Å². The smallest absolute Gasteiger partial charge is 0.0670 e. The molecule has 1 aromatic rings. The van der Waals surface area contributed by atoms with Gasteiger partial charge in [-0.2, -0.15) is 0 Å². The fourth-order valence-corrected chi connectivity index (χ4v) is 2.87.